The molecule has 0 bridgehead atoms. The molecule has 64 heavy (non-hydrogen) atoms. The van der Waals surface area contributed by atoms with Crippen molar-refractivity contribution in [1.82, 2.24) is 26.2 Å². The largest absolute Gasteiger partial charge is 0.467 e. The van der Waals surface area contributed by atoms with Crippen LogP contribution in [0.15, 0.2) is 59.2 Å². The van der Waals surface area contributed by atoms with E-state index < -0.39 is 72.4 Å². The summed E-state index contributed by atoms with van der Waals surface area (Å²) in [5.74, 6) is -1.35. The van der Waals surface area contributed by atoms with Crippen molar-refractivity contribution in [2.75, 3.05) is 43.7 Å². The van der Waals surface area contributed by atoms with Gasteiger partial charge < -0.3 is 40.4 Å². The fourth-order valence-corrected chi connectivity index (χ4v) is 8.16. The molecule has 1 aliphatic rings. The standard InChI is InChI=1S/C47H71N5O10S2/c1-31(2)13-10-14-33(5)15-11-16-34(6)22-26-64-30-40(46(58)60-8)50-44(56)41-17-12-24-52(41)45(57)39(27-32(3)4)49-42(54)28-48-43(55)38(23-25-63-9)51-47(59)61-29-36-18-20-37(21-19-36)62-35(7)53/h13,15,18-22,32,38-41H,10-12,14,16-17,23-30H2,1-9H3,(H,48,55)(H,49,54)(H,50,56)(H,51,59)/b33-15+,34-22+/t38-,39-,40-,41-/m0/s1. The lowest BCUT2D eigenvalue weighted by Crippen LogP contribution is -2.57. The van der Waals surface area contributed by atoms with Crippen molar-refractivity contribution in [3.8, 4) is 5.75 Å². The predicted molar refractivity (Wildman–Crippen MR) is 254 cm³/mol. The van der Waals surface area contributed by atoms with E-state index in [1.165, 1.54) is 59.2 Å². The molecule has 1 fully saturated rings. The van der Waals surface area contributed by atoms with Crippen LogP contribution in [-0.2, 0) is 44.8 Å². The van der Waals surface area contributed by atoms with E-state index in [4.69, 9.17) is 14.2 Å². The van der Waals surface area contributed by atoms with E-state index in [1.807, 2.05) is 20.1 Å². The molecule has 17 heteroatoms. The summed E-state index contributed by atoms with van der Waals surface area (Å²) in [5.41, 5.74) is 4.58. The van der Waals surface area contributed by atoms with Crippen LogP contribution in [0.5, 0.6) is 5.75 Å². The Hall–Kier alpha value is -4.77. The number of allylic oxidation sites excluding steroid dienone is 5. The van der Waals surface area contributed by atoms with Crippen LogP contribution in [0.25, 0.3) is 0 Å². The maximum atomic E-state index is 14.0. The molecule has 4 N–H and O–H groups in total. The maximum absolute atomic E-state index is 14.0. The molecule has 1 aliphatic heterocycles. The van der Waals surface area contributed by atoms with Gasteiger partial charge in [0.2, 0.25) is 23.6 Å². The lowest BCUT2D eigenvalue weighted by molar-refractivity contribution is -0.146. The number of ether oxygens (including phenoxy) is 3. The second kappa shape index (κ2) is 30.4. The van der Waals surface area contributed by atoms with E-state index in [2.05, 4.69) is 67.2 Å². The summed E-state index contributed by atoms with van der Waals surface area (Å²) in [4.78, 5) is 92.2. The van der Waals surface area contributed by atoms with Gasteiger partial charge in [-0.2, -0.15) is 23.5 Å². The van der Waals surface area contributed by atoms with Crippen LogP contribution in [0, 0.1) is 5.92 Å². The molecular formula is C47H71N5O10S2. The third-order valence-corrected chi connectivity index (χ3v) is 11.8. The minimum atomic E-state index is -1.01. The number of thioether (sulfide) groups is 2. The van der Waals surface area contributed by atoms with E-state index >= 15 is 0 Å². The zero-order chi connectivity index (χ0) is 47.6. The zero-order valence-electron chi connectivity index (χ0n) is 39.2. The fourth-order valence-electron chi connectivity index (χ4n) is 6.69. The van der Waals surface area contributed by atoms with Crippen LogP contribution in [0.4, 0.5) is 4.79 Å². The first-order chi connectivity index (χ1) is 30.4. The number of hydrogen-bond acceptors (Lipinski definition) is 12. The molecule has 0 aliphatic carbocycles. The van der Waals surface area contributed by atoms with Crippen molar-refractivity contribution < 1.29 is 47.8 Å². The first-order valence-corrected chi connectivity index (χ1v) is 24.5. The predicted octanol–water partition coefficient (Wildman–Crippen LogP) is 6.41. The van der Waals surface area contributed by atoms with E-state index in [-0.39, 0.29) is 31.1 Å². The molecule has 0 saturated carbocycles. The Morgan fingerprint density at radius 3 is 2.16 bits per heavy atom. The van der Waals surface area contributed by atoms with Crippen molar-refractivity contribution in [3.05, 3.63) is 64.8 Å². The Morgan fingerprint density at radius 1 is 0.859 bits per heavy atom. The van der Waals surface area contributed by atoms with Gasteiger partial charge in [-0.05, 0) is 115 Å². The molecule has 0 radical (unpaired) electrons. The van der Waals surface area contributed by atoms with Gasteiger partial charge in [0.05, 0.1) is 13.7 Å². The lowest BCUT2D eigenvalue weighted by atomic mass is 10.0. The Balaban J connectivity index is 1.97. The van der Waals surface area contributed by atoms with Crippen LogP contribution in [0.2, 0.25) is 0 Å². The number of hydrogen-bond donors (Lipinski definition) is 4. The molecule has 4 atom stereocenters. The van der Waals surface area contributed by atoms with E-state index in [9.17, 15) is 33.6 Å². The second-order valence-electron chi connectivity index (χ2n) is 16.5. The van der Waals surface area contributed by atoms with Gasteiger partial charge in [-0.15, -0.1) is 0 Å². The number of nitrogens with one attached hydrogen (secondary N) is 4. The highest BCUT2D eigenvalue weighted by Gasteiger charge is 2.39. The third kappa shape index (κ3) is 22.2. The van der Waals surface area contributed by atoms with Crippen molar-refractivity contribution in [2.24, 2.45) is 5.92 Å². The minimum Gasteiger partial charge on any atom is -0.467 e. The van der Waals surface area contributed by atoms with Crippen molar-refractivity contribution in [1.29, 1.82) is 0 Å². The van der Waals surface area contributed by atoms with Crippen molar-refractivity contribution >= 4 is 65.2 Å². The summed E-state index contributed by atoms with van der Waals surface area (Å²) in [6, 6.07) is 2.65. The third-order valence-electron chi connectivity index (χ3n) is 10.1. The highest BCUT2D eigenvalue weighted by molar-refractivity contribution is 7.99. The van der Waals surface area contributed by atoms with Crippen LogP contribution >= 0.6 is 23.5 Å². The molecule has 356 valence electrons. The van der Waals surface area contributed by atoms with Gasteiger partial charge in [-0.1, -0.05) is 60.9 Å². The fraction of sp³-hybridized carbons (Fsp3) is 0.596. The average molecular weight is 930 g/mol. The van der Waals surface area contributed by atoms with Gasteiger partial charge in [0.15, 0.2) is 0 Å². The number of benzene rings is 1. The quantitative estimate of drug-likeness (QED) is 0.0328. The van der Waals surface area contributed by atoms with Crippen LogP contribution < -0.4 is 26.0 Å². The van der Waals surface area contributed by atoms with Gasteiger partial charge in [0.1, 0.15) is 36.5 Å². The molecule has 1 aromatic carbocycles. The lowest BCUT2D eigenvalue weighted by Gasteiger charge is -2.30. The zero-order valence-corrected chi connectivity index (χ0v) is 40.8. The Kier molecular flexibility index (Phi) is 26.3. The summed E-state index contributed by atoms with van der Waals surface area (Å²) in [7, 11) is 1.27. The van der Waals surface area contributed by atoms with Gasteiger partial charge in [0, 0.05) is 25.0 Å². The summed E-state index contributed by atoms with van der Waals surface area (Å²) < 4.78 is 15.3. The highest BCUT2D eigenvalue weighted by Crippen LogP contribution is 2.22. The van der Waals surface area contributed by atoms with Crippen LogP contribution in [-0.4, -0.2) is 114 Å². The van der Waals surface area contributed by atoms with Gasteiger partial charge in [-0.3, -0.25) is 24.0 Å². The molecule has 1 aromatic rings. The summed E-state index contributed by atoms with van der Waals surface area (Å²) in [6.07, 6.45) is 13.2. The monoisotopic (exact) mass is 929 g/mol. The number of amides is 5. The normalized spacial score (nSPS) is 15.3. The SMILES string of the molecule is COC(=O)[C@H](CSC/C=C(\C)CC/C=C(\C)CCC=C(C)C)NC(=O)[C@@H]1CCCN1C(=O)[C@H](CC(C)C)NC(=O)CNC(=O)[C@H](CCSC)NC(=O)OCc1ccc(OC(C)=O)cc1. The molecule has 0 aromatic heterocycles. The average Bonchev–Trinajstić information content (AvgIpc) is 3.74. The van der Waals surface area contributed by atoms with E-state index in [0.717, 1.165) is 25.7 Å². The summed E-state index contributed by atoms with van der Waals surface area (Å²) >= 11 is 2.98. The smallest absolute Gasteiger partial charge is 0.408 e. The van der Waals surface area contributed by atoms with E-state index in [1.54, 1.807) is 24.3 Å². The number of nitrogens with zero attached hydrogens (tertiary/aromatic N) is 1. The molecule has 0 unspecified atom stereocenters. The number of likely N-dealkylation sites (tertiary alicyclic amines) is 1. The Bertz CT molecular complexity index is 1800. The molecule has 15 nitrogen and oxygen atoms in total. The number of carbonyl (C=O) groups is 7. The number of carbonyl (C=O) groups excluding carboxylic acids is 7. The molecule has 1 heterocycles. The van der Waals surface area contributed by atoms with Crippen LogP contribution in [0.1, 0.15) is 105 Å². The number of alkyl carbamates (subject to hydrolysis) is 1. The van der Waals surface area contributed by atoms with Crippen molar-refractivity contribution in [2.45, 2.75) is 131 Å². The number of methoxy groups -OCH3 is 1. The topological polar surface area (TPSA) is 199 Å². The molecule has 1 saturated heterocycles. The number of esters is 2. The van der Waals surface area contributed by atoms with Crippen molar-refractivity contribution in [3.63, 3.8) is 0 Å². The molecular weight excluding hydrogens is 859 g/mol. The molecule has 5 amide bonds. The second-order valence-corrected chi connectivity index (χ2v) is 18.6. The van der Waals surface area contributed by atoms with Crippen LogP contribution in [0.3, 0.4) is 0 Å². The van der Waals surface area contributed by atoms with Gasteiger partial charge in [0.25, 0.3) is 0 Å². The van der Waals surface area contributed by atoms with Gasteiger partial charge in [-0.25, -0.2) is 9.59 Å². The number of rotatable bonds is 27. The minimum absolute atomic E-state index is 0.00624. The maximum Gasteiger partial charge on any atom is 0.408 e. The Morgan fingerprint density at radius 2 is 1.53 bits per heavy atom. The van der Waals surface area contributed by atoms with Gasteiger partial charge >= 0.3 is 18.0 Å². The summed E-state index contributed by atoms with van der Waals surface area (Å²) in [5, 5.41) is 10.7. The molecule has 0 spiro atoms. The first-order valence-electron chi connectivity index (χ1n) is 21.9. The van der Waals surface area contributed by atoms with E-state index in [0.29, 0.717) is 42.2 Å². The first kappa shape index (κ1) is 55.4. The highest BCUT2D eigenvalue weighted by atomic mass is 32.2. The Labute approximate surface area is 388 Å². The summed E-state index contributed by atoms with van der Waals surface area (Å²) in [6.45, 7) is 13.3. The molecule has 2 rings (SSSR count).